The number of methoxy groups -OCH3 is 1. The average molecular weight is 483 g/mol. The predicted molar refractivity (Wildman–Crippen MR) is 117 cm³/mol. The first kappa shape index (κ1) is 25.5. The summed E-state index contributed by atoms with van der Waals surface area (Å²) >= 11 is 0. The van der Waals surface area contributed by atoms with Crippen molar-refractivity contribution in [3.63, 3.8) is 0 Å². The smallest absolute Gasteiger partial charge is 0.490 e. The third-order valence-corrected chi connectivity index (χ3v) is 5.75. The molecule has 0 radical (unpaired) electrons. The Bertz CT molecular complexity index is 975. The molecule has 1 atom stereocenters. The Hall–Kier alpha value is -3.08. The Labute approximate surface area is 195 Å². The van der Waals surface area contributed by atoms with Crippen LogP contribution in [0.15, 0.2) is 36.5 Å². The lowest BCUT2D eigenvalue weighted by molar-refractivity contribution is -0.192. The number of halogens is 3. The summed E-state index contributed by atoms with van der Waals surface area (Å²) in [4.78, 5) is 23.3. The number of amides is 1. The maximum Gasteiger partial charge on any atom is 0.490 e. The second-order valence-electron chi connectivity index (χ2n) is 8.49. The first-order chi connectivity index (χ1) is 16.2. The summed E-state index contributed by atoms with van der Waals surface area (Å²) in [7, 11) is 1.72. The van der Waals surface area contributed by atoms with E-state index in [0.29, 0.717) is 18.9 Å². The van der Waals surface area contributed by atoms with Gasteiger partial charge in [-0.3, -0.25) is 14.4 Å². The number of benzene rings is 1. The summed E-state index contributed by atoms with van der Waals surface area (Å²) in [6.07, 6.45) is 0.806. The van der Waals surface area contributed by atoms with E-state index in [4.69, 9.17) is 14.6 Å². The molecule has 1 aromatic carbocycles. The Morgan fingerprint density at radius 1 is 1.24 bits per heavy atom. The number of alkyl halides is 3. The summed E-state index contributed by atoms with van der Waals surface area (Å²) in [5.74, 6) is -0.999. The van der Waals surface area contributed by atoms with Crippen LogP contribution in [0.25, 0.3) is 0 Å². The summed E-state index contributed by atoms with van der Waals surface area (Å²) in [6, 6.07) is 10.6. The molecule has 4 rings (SSSR count). The number of nitrogens with zero attached hydrogens (tertiary/aromatic N) is 3. The number of carbonyl (C=O) groups excluding carboxylic acids is 1. The number of hydrogen-bond donors (Lipinski definition) is 2. The lowest BCUT2D eigenvalue weighted by Gasteiger charge is -2.34. The molecule has 1 amide bonds. The summed E-state index contributed by atoms with van der Waals surface area (Å²) < 4.78 is 39.4. The topological polar surface area (TPSA) is 96.7 Å². The van der Waals surface area contributed by atoms with Gasteiger partial charge in [0.05, 0.1) is 18.8 Å². The van der Waals surface area contributed by atoms with Crippen LogP contribution < -0.4 is 10.1 Å². The molecule has 34 heavy (non-hydrogen) atoms. The summed E-state index contributed by atoms with van der Waals surface area (Å²) in [5.41, 5.74) is 2.43. The number of nitrogens with one attached hydrogen (secondary N) is 1. The molecule has 2 aliphatic rings. The zero-order valence-electron chi connectivity index (χ0n) is 18.9. The van der Waals surface area contributed by atoms with Crippen molar-refractivity contribution in [2.24, 2.45) is 5.92 Å². The standard InChI is InChI=1S/C21H28N4O2.C2HF3O2/c1-27-20-5-3-2-4-17(20)13-24-14-18(25-19(15-24)9-11-23-25)8-10-22-21(26)12-16-6-7-16;3-2(4,5)1(6)7/h2-5,9,11,16,18H,6-8,10,12-15H2,1H3,(H,22,26);(H,6,7). The minimum absolute atomic E-state index is 0.194. The predicted octanol–water partition coefficient (Wildman–Crippen LogP) is 3.39. The highest BCUT2D eigenvalue weighted by molar-refractivity contribution is 5.76. The van der Waals surface area contributed by atoms with Crippen LogP contribution in [-0.2, 0) is 22.7 Å². The maximum absolute atomic E-state index is 11.9. The average Bonchev–Trinajstić information content (AvgIpc) is 3.46. The minimum Gasteiger partial charge on any atom is -0.496 e. The van der Waals surface area contributed by atoms with E-state index in [1.54, 1.807) is 7.11 Å². The number of carboxylic acid groups (broad SMARTS) is 1. The van der Waals surface area contributed by atoms with E-state index in [1.807, 2.05) is 18.3 Å². The molecule has 1 aliphatic heterocycles. The molecule has 1 aliphatic carbocycles. The van der Waals surface area contributed by atoms with Gasteiger partial charge in [-0.15, -0.1) is 0 Å². The van der Waals surface area contributed by atoms with Crippen molar-refractivity contribution in [1.29, 1.82) is 0 Å². The number of rotatable bonds is 8. The normalized spacial score (nSPS) is 17.8. The van der Waals surface area contributed by atoms with Crippen LogP contribution in [0, 0.1) is 5.92 Å². The lowest BCUT2D eigenvalue weighted by Crippen LogP contribution is -2.39. The number of aromatic nitrogens is 2. The molecular formula is C23H29F3N4O4. The second kappa shape index (κ2) is 11.4. The van der Waals surface area contributed by atoms with E-state index in [2.05, 4.69) is 38.2 Å². The van der Waals surface area contributed by atoms with Crippen LogP contribution in [0.3, 0.4) is 0 Å². The first-order valence-corrected chi connectivity index (χ1v) is 11.1. The van der Waals surface area contributed by atoms with E-state index in [0.717, 1.165) is 31.8 Å². The molecule has 2 N–H and O–H groups in total. The van der Waals surface area contributed by atoms with Gasteiger partial charge in [0, 0.05) is 44.4 Å². The van der Waals surface area contributed by atoms with E-state index < -0.39 is 12.1 Å². The molecule has 8 nitrogen and oxygen atoms in total. The lowest BCUT2D eigenvalue weighted by atomic mass is 10.1. The van der Waals surface area contributed by atoms with Crippen molar-refractivity contribution in [1.82, 2.24) is 20.0 Å². The van der Waals surface area contributed by atoms with Gasteiger partial charge in [-0.05, 0) is 37.3 Å². The van der Waals surface area contributed by atoms with Crippen LogP contribution >= 0.6 is 0 Å². The van der Waals surface area contributed by atoms with Crippen molar-refractivity contribution in [2.45, 2.75) is 51.0 Å². The van der Waals surface area contributed by atoms with Crippen molar-refractivity contribution >= 4 is 11.9 Å². The number of carbonyl (C=O) groups is 2. The first-order valence-electron chi connectivity index (χ1n) is 11.1. The summed E-state index contributed by atoms with van der Waals surface area (Å²) in [6.45, 7) is 3.35. The highest BCUT2D eigenvalue weighted by Crippen LogP contribution is 2.32. The number of fused-ring (bicyclic) bond motifs is 1. The van der Waals surface area contributed by atoms with Crippen LogP contribution in [0.1, 0.15) is 43.0 Å². The van der Waals surface area contributed by atoms with Crippen LogP contribution in [-0.4, -0.2) is 58.0 Å². The molecular weight excluding hydrogens is 453 g/mol. The molecule has 186 valence electrons. The van der Waals surface area contributed by atoms with Gasteiger partial charge < -0.3 is 15.2 Å². The monoisotopic (exact) mass is 482 g/mol. The minimum atomic E-state index is -5.08. The number of ether oxygens (including phenoxy) is 1. The molecule has 2 aromatic rings. The van der Waals surface area contributed by atoms with Gasteiger partial charge in [0.15, 0.2) is 0 Å². The van der Waals surface area contributed by atoms with Gasteiger partial charge >= 0.3 is 12.1 Å². The highest BCUT2D eigenvalue weighted by atomic mass is 19.4. The third-order valence-electron chi connectivity index (χ3n) is 5.75. The Morgan fingerprint density at radius 2 is 1.94 bits per heavy atom. The fourth-order valence-electron chi connectivity index (χ4n) is 3.91. The Morgan fingerprint density at radius 3 is 2.59 bits per heavy atom. The molecule has 1 fully saturated rings. The zero-order chi connectivity index (χ0) is 24.7. The van der Waals surface area contributed by atoms with Gasteiger partial charge in [-0.1, -0.05) is 18.2 Å². The fraction of sp³-hybridized carbons (Fsp3) is 0.522. The van der Waals surface area contributed by atoms with Gasteiger partial charge in [-0.25, -0.2) is 4.79 Å². The zero-order valence-corrected chi connectivity index (χ0v) is 18.9. The van der Waals surface area contributed by atoms with Crippen LogP contribution in [0.4, 0.5) is 13.2 Å². The Kier molecular flexibility index (Phi) is 8.54. The number of aliphatic carboxylic acids is 1. The quantitative estimate of drug-likeness (QED) is 0.599. The van der Waals surface area contributed by atoms with E-state index in [1.165, 1.54) is 24.1 Å². The Balaban J connectivity index is 0.000000406. The second-order valence-corrected chi connectivity index (χ2v) is 8.49. The number of carboxylic acids is 1. The largest absolute Gasteiger partial charge is 0.496 e. The van der Waals surface area contributed by atoms with E-state index in [-0.39, 0.29) is 11.9 Å². The summed E-state index contributed by atoms with van der Waals surface area (Å²) in [5, 5.41) is 14.7. The molecule has 2 heterocycles. The van der Waals surface area contributed by atoms with E-state index in [9.17, 15) is 18.0 Å². The highest BCUT2D eigenvalue weighted by Gasteiger charge is 2.38. The molecule has 0 spiro atoms. The maximum atomic E-state index is 11.9. The van der Waals surface area contributed by atoms with Crippen molar-refractivity contribution in [3.05, 3.63) is 47.8 Å². The third kappa shape index (κ3) is 7.47. The van der Waals surface area contributed by atoms with Crippen LogP contribution in [0.5, 0.6) is 5.75 Å². The van der Waals surface area contributed by atoms with Crippen molar-refractivity contribution < 1.29 is 32.6 Å². The molecule has 11 heteroatoms. The van der Waals surface area contributed by atoms with Gasteiger partial charge in [0.25, 0.3) is 0 Å². The molecule has 1 aromatic heterocycles. The number of hydrogen-bond acceptors (Lipinski definition) is 5. The van der Waals surface area contributed by atoms with Gasteiger partial charge in [0.2, 0.25) is 5.91 Å². The van der Waals surface area contributed by atoms with Crippen molar-refractivity contribution in [3.8, 4) is 5.75 Å². The molecule has 1 unspecified atom stereocenters. The van der Waals surface area contributed by atoms with E-state index >= 15 is 0 Å². The molecule has 1 saturated carbocycles. The number of para-hydroxylation sites is 1. The van der Waals surface area contributed by atoms with Gasteiger partial charge in [0.1, 0.15) is 5.75 Å². The SMILES string of the molecule is COc1ccccc1CN1Cc2ccnn2C(CCNC(=O)CC2CC2)C1.O=C(O)C(F)(F)F. The van der Waals surface area contributed by atoms with Gasteiger partial charge in [-0.2, -0.15) is 18.3 Å². The molecule has 0 saturated heterocycles. The van der Waals surface area contributed by atoms with Crippen LogP contribution in [0.2, 0.25) is 0 Å². The molecule has 0 bridgehead atoms. The fourth-order valence-corrected chi connectivity index (χ4v) is 3.91. The van der Waals surface area contributed by atoms with Crippen molar-refractivity contribution in [2.75, 3.05) is 20.2 Å².